The van der Waals surface area contributed by atoms with Gasteiger partial charge in [-0.3, -0.25) is 0 Å². The largest absolute Gasteiger partial charge is 0.507 e. The van der Waals surface area contributed by atoms with Crippen molar-refractivity contribution in [2.24, 2.45) is 33.5 Å². The van der Waals surface area contributed by atoms with Gasteiger partial charge in [0.1, 0.15) is 5.75 Å². The average molecular weight is 471 g/mol. The maximum atomic E-state index is 12.0. The number of rotatable bonds is 6. The molecule has 0 aliphatic heterocycles. The molecule has 1 N–H and O–H groups in total. The molecule has 0 heterocycles. The van der Waals surface area contributed by atoms with Gasteiger partial charge >= 0.3 is 5.97 Å². The summed E-state index contributed by atoms with van der Waals surface area (Å²) >= 11 is 0. The van der Waals surface area contributed by atoms with Crippen LogP contribution in [0.5, 0.6) is 5.75 Å². The first-order chi connectivity index (χ1) is 15.8. The van der Waals surface area contributed by atoms with Crippen molar-refractivity contribution in [2.75, 3.05) is 21.3 Å². The molecule has 1 aromatic rings. The van der Waals surface area contributed by atoms with E-state index in [4.69, 9.17) is 14.2 Å². The summed E-state index contributed by atoms with van der Waals surface area (Å²) < 4.78 is 17.5. The number of aromatic hydroxyl groups is 1. The van der Waals surface area contributed by atoms with Crippen molar-refractivity contribution in [1.82, 2.24) is 0 Å². The Balaban J connectivity index is 1.70. The van der Waals surface area contributed by atoms with Crippen LogP contribution in [0, 0.1) is 33.5 Å². The second kappa shape index (κ2) is 7.46. The first-order valence-electron chi connectivity index (χ1n) is 13.4. The van der Waals surface area contributed by atoms with Crippen LogP contribution in [-0.2, 0) is 20.2 Å². The number of benzene rings is 1. The second-order valence-electron chi connectivity index (χ2n) is 13.5. The molecule has 0 radical (unpaired) electrons. The lowest BCUT2D eigenvalue weighted by Crippen LogP contribution is -2.35. The summed E-state index contributed by atoms with van der Waals surface area (Å²) in [6.45, 7) is 14.7. The lowest BCUT2D eigenvalue weighted by atomic mass is 9.63. The molecule has 4 aliphatic rings. The minimum atomic E-state index is -1.28. The van der Waals surface area contributed by atoms with Crippen LogP contribution < -0.4 is 0 Å². The molecule has 0 spiro atoms. The van der Waals surface area contributed by atoms with Gasteiger partial charge in [0.2, 0.25) is 0 Å². The van der Waals surface area contributed by atoms with Gasteiger partial charge in [-0.15, -0.1) is 0 Å². The summed E-state index contributed by atoms with van der Waals surface area (Å²) in [5, 5.41) is 12.0. The topological polar surface area (TPSA) is 47.9 Å². The highest BCUT2D eigenvalue weighted by Gasteiger charge is 2.64. The fraction of sp³-hybridized carbons (Fsp3) is 0.800. The van der Waals surface area contributed by atoms with E-state index < -0.39 is 5.97 Å². The van der Waals surface area contributed by atoms with Gasteiger partial charge in [0.15, 0.2) is 0 Å². The molecule has 0 amide bonds. The van der Waals surface area contributed by atoms with Crippen LogP contribution in [0.3, 0.4) is 0 Å². The zero-order valence-electron chi connectivity index (χ0n) is 22.9. The Morgan fingerprint density at radius 1 is 0.735 bits per heavy atom. The molecular weight excluding hydrogens is 424 g/mol. The molecule has 34 heavy (non-hydrogen) atoms. The molecule has 6 unspecified atom stereocenters. The Bertz CT molecular complexity index is 903. The highest BCUT2D eigenvalue weighted by molar-refractivity contribution is 5.51. The van der Waals surface area contributed by atoms with E-state index in [1.165, 1.54) is 25.7 Å². The van der Waals surface area contributed by atoms with Gasteiger partial charge in [-0.05, 0) is 107 Å². The third-order valence-electron chi connectivity index (χ3n) is 12.7. The summed E-state index contributed by atoms with van der Waals surface area (Å²) in [6, 6.07) is 4.26. The predicted molar refractivity (Wildman–Crippen MR) is 135 cm³/mol. The summed E-state index contributed by atoms with van der Waals surface area (Å²) in [4.78, 5) is 0. The monoisotopic (exact) mass is 470 g/mol. The second-order valence-corrected chi connectivity index (χ2v) is 13.5. The van der Waals surface area contributed by atoms with Crippen LogP contribution in [0.4, 0.5) is 0 Å². The smallest absolute Gasteiger partial charge is 0.311 e. The summed E-state index contributed by atoms with van der Waals surface area (Å²) in [7, 11) is 4.88. The minimum Gasteiger partial charge on any atom is -0.507 e. The van der Waals surface area contributed by atoms with Crippen molar-refractivity contribution in [2.45, 2.75) is 97.9 Å². The fourth-order valence-electron chi connectivity index (χ4n) is 9.34. The summed E-state index contributed by atoms with van der Waals surface area (Å²) in [5.74, 6) is 1.28. The van der Waals surface area contributed by atoms with Crippen LogP contribution in [-0.4, -0.2) is 26.4 Å². The van der Waals surface area contributed by atoms with E-state index >= 15 is 0 Å². The van der Waals surface area contributed by atoms with Gasteiger partial charge in [0.05, 0.1) is 0 Å². The van der Waals surface area contributed by atoms with Crippen LogP contribution in [0.2, 0.25) is 0 Å². The third kappa shape index (κ3) is 2.77. The predicted octanol–water partition coefficient (Wildman–Crippen LogP) is 7.30. The lowest BCUT2D eigenvalue weighted by Gasteiger charge is -2.42. The van der Waals surface area contributed by atoms with Gasteiger partial charge in [-0.2, -0.15) is 0 Å². The van der Waals surface area contributed by atoms with Crippen LogP contribution in [0.15, 0.2) is 12.1 Å². The number of hydrogen-bond acceptors (Lipinski definition) is 4. The molecule has 1 aromatic carbocycles. The standard InChI is InChI=1S/C30H46O4/c1-26(2)18-10-12-28(26,5)23(16-18)21-14-20(30(32-7,33-8)34-9)15-22(25(21)31)24-17-19-11-13-29(24,6)27(19,3)4/h14-15,18-19,23-24,31H,10-13,16-17H2,1-9H3. The van der Waals surface area contributed by atoms with Crippen molar-refractivity contribution in [3.63, 3.8) is 0 Å². The Hall–Kier alpha value is -1.10. The van der Waals surface area contributed by atoms with Crippen molar-refractivity contribution in [3.8, 4) is 5.75 Å². The van der Waals surface area contributed by atoms with Crippen molar-refractivity contribution >= 4 is 0 Å². The summed E-state index contributed by atoms with van der Waals surface area (Å²) in [5.41, 5.74) is 3.87. The average Bonchev–Trinajstić information content (AvgIpc) is 3.33. The minimum absolute atomic E-state index is 0.165. The highest BCUT2D eigenvalue weighted by Crippen LogP contribution is 2.74. The van der Waals surface area contributed by atoms with E-state index in [-0.39, 0.29) is 21.7 Å². The fourth-order valence-corrected chi connectivity index (χ4v) is 9.34. The van der Waals surface area contributed by atoms with E-state index in [9.17, 15) is 5.11 Å². The number of phenolic OH excluding ortho intramolecular Hbond substituents is 1. The van der Waals surface area contributed by atoms with E-state index in [0.29, 0.717) is 29.4 Å². The van der Waals surface area contributed by atoms with Crippen LogP contribution in [0.1, 0.15) is 109 Å². The number of phenols is 1. The Morgan fingerprint density at radius 2 is 1.12 bits per heavy atom. The van der Waals surface area contributed by atoms with Gasteiger partial charge in [-0.25, -0.2) is 0 Å². The molecule has 4 aliphatic carbocycles. The van der Waals surface area contributed by atoms with E-state index in [1.807, 2.05) is 0 Å². The molecule has 0 saturated heterocycles. The quantitative estimate of drug-likeness (QED) is 0.443. The Labute approximate surface area is 206 Å². The van der Waals surface area contributed by atoms with Gasteiger partial charge in [-0.1, -0.05) is 41.5 Å². The van der Waals surface area contributed by atoms with Gasteiger partial charge < -0.3 is 19.3 Å². The zero-order valence-corrected chi connectivity index (χ0v) is 22.9. The first kappa shape index (κ1) is 24.6. The van der Waals surface area contributed by atoms with Crippen LogP contribution in [0.25, 0.3) is 0 Å². The number of methoxy groups -OCH3 is 3. The van der Waals surface area contributed by atoms with Crippen molar-refractivity contribution in [1.29, 1.82) is 0 Å². The van der Waals surface area contributed by atoms with Crippen molar-refractivity contribution in [3.05, 3.63) is 28.8 Å². The van der Waals surface area contributed by atoms with Crippen LogP contribution >= 0.6 is 0 Å². The van der Waals surface area contributed by atoms with Gasteiger partial charge in [0.25, 0.3) is 0 Å². The first-order valence-corrected chi connectivity index (χ1v) is 13.4. The Morgan fingerprint density at radius 3 is 1.38 bits per heavy atom. The normalized spacial score (nSPS) is 39.8. The molecular formula is C30H46O4. The van der Waals surface area contributed by atoms with E-state index in [0.717, 1.165) is 29.5 Å². The molecule has 4 bridgehead atoms. The van der Waals surface area contributed by atoms with E-state index in [2.05, 4.69) is 53.7 Å². The maximum absolute atomic E-state index is 12.0. The maximum Gasteiger partial charge on any atom is 0.311 e. The third-order valence-corrected chi connectivity index (χ3v) is 12.7. The molecule has 4 fully saturated rings. The highest BCUT2D eigenvalue weighted by atomic mass is 16.9. The number of hydrogen-bond donors (Lipinski definition) is 1. The number of fused-ring (bicyclic) bond motifs is 4. The zero-order chi connectivity index (χ0) is 24.9. The van der Waals surface area contributed by atoms with Gasteiger partial charge in [0, 0.05) is 26.9 Å². The SMILES string of the molecule is COC(OC)(OC)c1cc(C2CC3CCC2(C)C3(C)C)c(O)c(C2CC3CCC2(C)C3(C)C)c1. The molecule has 5 rings (SSSR count). The molecule has 6 atom stereocenters. The van der Waals surface area contributed by atoms with E-state index in [1.54, 1.807) is 21.3 Å². The summed E-state index contributed by atoms with van der Waals surface area (Å²) in [6.07, 6.45) is 7.29. The Kier molecular flexibility index (Phi) is 5.39. The molecule has 4 nitrogen and oxygen atoms in total. The lowest BCUT2D eigenvalue weighted by molar-refractivity contribution is -0.364. The van der Waals surface area contributed by atoms with Crippen molar-refractivity contribution < 1.29 is 19.3 Å². The number of ether oxygens (including phenoxy) is 3. The molecule has 4 saturated carbocycles. The molecule has 0 aromatic heterocycles. The molecule has 190 valence electrons. The molecule has 4 heteroatoms.